The minimum atomic E-state index is -0.333. The lowest BCUT2D eigenvalue weighted by atomic mass is 10.2. The van der Waals surface area contributed by atoms with Gasteiger partial charge in [0.05, 0.1) is 13.1 Å². The predicted octanol–water partition coefficient (Wildman–Crippen LogP) is 1.99. The van der Waals surface area contributed by atoms with Gasteiger partial charge in [0, 0.05) is 11.4 Å². The van der Waals surface area contributed by atoms with Crippen LogP contribution in [0.25, 0.3) is 0 Å². The molecule has 1 aromatic carbocycles. The molecule has 2 saturated heterocycles. The van der Waals surface area contributed by atoms with Crippen molar-refractivity contribution in [2.24, 2.45) is 0 Å². The highest BCUT2D eigenvalue weighted by atomic mass is 16.6. The van der Waals surface area contributed by atoms with Gasteiger partial charge < -0.3 is 9.47 Å². The largest absolute Gasteiger partial charge is 0.447 e. The lowest BCUT2D eigenvalue weighted by Gasteiger charge is -2.16. The van der Waals surface area contributed by atoms with Gasteiger partial charge in [-0.3, -0.25) is 9.80 Å². The van der Waals surface area contributed by atoms with Crippen molar-refractivity contribution >= 4 is 23.6 Å². The number of nitrogens with zero attached hydrogens (tertiary/aromatic N) is 2. The van der Waals surface area contributed by atoms with Gasteiger partial charge in [0.2, 0.25) is 0 Å². The van der Waals surface area contributed by atoms with E-state index < -0.39 is 0 Å². The second kappa shape index (κ2) is 4.46. The summed E-state index contributed by atoms with van der Waals surface area (Å²) in [6.07, 6.45) is -0.761. The van der Waals surface area contributed by atoms with E-state index in [1.165, 1.54) is 0 Å². The summed E-state index contributed by atoms with van der Waals surface area (Å²) in [5.74, 6) is 0. The fourth-order valence-electron chi connectivity index (χ4n) is 2.26. The molecule has 2 fully saturated rings. The average Bonchev–Trinajstić information content (AvgIpc) is 2.96. The second-order valence-corrected chi connectivity index (χ2v) is 4.59. The molecule has 0 N–H and O–H groups in total. The number of cyclic esters (lactones) is 2. The van der Waals surface area contributed by atoms with Crippen LogP contribution in [0.3, 0.4) is 0 Å². The summed E-state index contributed by atoms with van der Waals surface area (Å²) in [6.45, 7) is 3.37. The molecular weight excluding hydrogens is 248 g/mol. The molecule has 0 aliphatic carbocycles. The number of carbonyl (C=O) groups is 2. The van der Waals surface area contributed by atoms with Crippen LogP contribution >= 0.6 is 0 Å². The van der Waals surface area contributed by atoms with Gasteiger partial charge in [-0.15, -0.1) is 0 Å². The van der Waals surface area contributed by atoms with Crippen LogP contribution in [0, 0.1) is 0 Å². The van der Waals surface area contributed by atoms with Crippen LogP contribution in [0.1, 0.15) is 6.92 Å². The van der Waals surface area contributed by atoms with E-state index in [0.29, 0.717) is 19.7 Å². The smallest absolute Gasteiger partial charge is 0.414 e. The van der Waals surface area contributed by atoms with E-state index in [1.54, 1.807) is 34.1 Å². The molecule has 19 heavy (non-hydrogen) atoms. The normalized spacial score (nSPS) is 22.7. The Morgan fingerprint density at radius 2 is 1.68 bits per heavy atom. The van der Waals surface area contributed by atoms with Crippen LogP contribution in [-0.2, 0) is 9.47 Å². The van der Waals surface area contributed by atoms with Crippen LogP contribution in [0.5, 0.6) is 0 Å². The highest BCUT2D eigenvalue weighted by molar-refractivity contribution is 5.92. The van der Waals surface area contributed by atoms with Crippen molar-refractivity contribution in [1.29, 1.82) is 0 Å². The van der Waals surface area contributed by atoms with Crippen molar-refractivity contribution in [2.75, 3.05) is 29.5 Å². The molecule has 2 aliphatic rings. The molecule has 1 unspecified atom stereocenters. The van der Waals surface area contributed by atoms with Gasteiger partial charge in [0.25, 0.3) is 0 Å². The van der Waals surface area contributed by atoms with Crippen LogP contribution in [0.15, 0.2) is 24.3 Å². The van der Waals surface area contributed by atoms with Gasteiger partial charge in [0.1, 0.15) is 12.7 Å². The number of rotatable bonds is 2. The van der Waals surface area contributed by atoms with E-state index in [0.717, 1.165) is 11.4 Å². The summed E-state index contributed by atoms with van der Waals surface area (Å²) in [5.41, 5.74) is 1.54. The summed E-state index contributed by atoms with van der Waals surface area (Å²) in [7, 11) is 0. The van der Waals surface area contributed by atoms with Crippen LogP contribution in [0.2, 0.25) is 0 Å². The van der Waals surface area contributed by atoms with E-state index in [2.05, 4.69) is 0 Å². The molecule has 0 bridgehead atoms. The summed E-state index contributed by atoms with van der Waals surface area (Å²) in [6, 6.07) is 7.22. The zero-order valence-electron chi connectivity index (χ0n) is 10.5. The molecule has 0 spiro atoms. The third-order valence-electron chi connectivity index (χ3n) is 3.20. The zero-order chi connectivity index (χ0) is 13.4. The maximum atomic E-state index is 11.6. The second-order valence-electron chi connectivity index (χ2n) is 4.59. The molecule has 2 heterocycles. The first-order valence-electron chi connectivity index (χ1n) is 6.17. The molecule has 1 atom stereocenters. The minimum absolute atomic E-state index is 0.0965. The number of amides is 2. The topological polar surface area (TPSA) is 59.1 Å². The van der Waals surface area contributed by atoms with E-state index >= 15 is 0 Å². The first kappa shape index (κ1) is 11.8. The Kier molecular flexibility index (Phi) is 2.77. The molecule has 0 radical (unpaired) electrons. The summed E-state index contributed by atoms with van der Waals surface area (Å²) in [5, 5.41) is 0. The van der Waals surface area contributed by atoms with Gasteiger partial charge in [-0.2, -0.15) is 0 Å². The molecule has 100 valence electrons. The molecular formula is C13H14N2O4. The first-order valence-corrected chi connectivity index (χ1v) is 6.17. The van der Waals surface area contributed by atoms with E-state index in [-0.39, 0.29) is 18.3 Å². The lowest BCUT2D eigenvalue weighted by Crippen LogP contribution is -2.25. The average molecular weight is 262 g/mol. The number of ether oxygens (including phenoxy) is 2. The molecule has 6 heteroatoms. The monoisotopic (exact) mass is 262 g/mol. The Hall–Kier alpha value is -2.24. The van der Waals surface area contributed by atoms with Gasteiger partial charge in [-0.05, 0) is 31.2 Å². The van der Waals surface area contributed by atoms with Crippen molar-refractivity contribution in [3.05, 3.63) is 24.3 Å². The first-order chi connectivity index (χ1) is 9.15. The third kappa shape index (κ3) is 2.09. The Morgan fingerprint density at radius 1 is 1.05 bits per heavy atom. The highest BCUT2D eigenvalue weighted by Crippen LogP contribution is 2.25. The standard InChI is InChI=1S/C13H14N2O4/c1-9-8-15(13(17)19-9)11-4-2-10(3-5-11)14-6-7-18-12(14)16/h2-5,9H,6-8H2,1H3. The molecule has 6 nitrogen and oxygen atoms in total. The minimum Gasteiger partial charge on any atom is -0.447 e. The number of benzene rings is 1. The van der Waals surface area contributed by atoms with Crippen molar-refractivity contribution in [3.63, 3.8) is 0 Å². The Labute approximate surface area is 110 Å². The number of carbonyl (C=O) groups excluding carboxylic acids is 2. The molecule has 2 aliphatic heterocycles. The zero-order valence-corrected chi connectivity index (χ0v) is 10.5. The molecule has 0 aromatic heterocycles. The Morgan fingerprint density at radius 3 is 2.16 bits per heavy atom. The van der Waals surface area contributed by atoms with Crippen LogP contribution < -0.4 is 9.80 Å². The van der Waals surface area contributed by atoms with E-state index in [1.807, 2.05) is 6.92 Å². The Balaban J connectivity index is 1.79. The lowest BCUT2D eigenvalue weighted by molar-refractivity contribution is 0.150. The van der Waals surface area contributed by atoms with Crippen molar-refractivity contribution in [1.82, 2.24) is 0 Å². The van der Waals surface area contributed by atoms with E-state index in [9.17, 15) is 9.59 Å². The Bertz CT molecular complexity index is 514. The summed E-state index contributed by atoms with van der Waals surface area (Å²) < 4.78 is 9.96. The molecule has 0 saturated carbocycles. The SMILES string of the molecule is CC1CN(c2ccc(N3CCOC3=O)cc2)C(=O)O1. The highest BCUT2D eigenvalue weighted by Gasteiger charge is 2.29. The van der Waals surface area contributed by atoms with Gasteiger partial charge in [-0.25, -0.2) is 9.59 Å². The van der Waals surface area contributed by atoms with Gasteiger partial charge in [-0.1, -0.05) is 0 Å². The van der Waals surface area contributed by atoms with Gasteiger partial charge >= 0.3 is 12.2 Å². The summed E-state index contributed by atoms with van der Waals surface area (Å²) >= 11 is 0. The van der Waals surface area contributed by atoms with E-state index in [4.69, 9.17) is 9.47 Å². The third-order valence-corrected chi connectivity index (χ3v) is 3.20. The van der Waals surface area contributed by atoms with Crippen LogP contribution in [-0.4, -0.2) is 38.0 Å². The molecule has 1 aromatic rings. The fourth-order valence-corrected chi connectivity index (χ4v) is 2.26. The van der Waals surface area contributed by atoms with Crippen molar-refractivity contribution in [3.8, 4) is 0 Å². The number of anilines is 2. The van der Waals surface area contributed by atoms with Gasteiger partial charge in [0.15, 0.2) is 0 Å². The maximum Gasteiger partial charge on any atom is 0.414 e. The predicted molar refractivity (Wildman–Crippen MR) is 68.4 cm³/mol. The van der Waals surface area contributed by atoms with Crippen LogP contribution in [0.4, 0.5) is 21.0 Å². The van der Waals surface area contributed by atoms with Crippen molar-refractivity contribution in [2.45, 2.75) is 13.0 Å². The molecule has 2 amide bonds. The number of hydrogen-bond donors (Lipinski definition) is 0. The molecule has 3 rings (SSSR count). The fraction of sp³-hybridized carbons (Fsp3) is 0.385. The van der Waals surface area contributed by atoms with Crippen molar-refractivity contribution < 1.29 is 19.1 Å². The maximum absolute atomic E-state index is 11.6. The summed E-state index contributed by atoms with van der Waals surface area (Å²) in [4.78, 5) is 26.2. The quantitative estimate of drug-likeness (QED) is 0.817. The number of hydrogen-bond acceptors (Lipinski definition) is 4.